The molecule has 0 aromatic heterocycles. The van der Waals surface area contributed by atoms with Crippen LogP contribution in [0.4, 0.5) is 0 Å². The smallest absolute Gasteiger partial charge is 0.0747 e. The zero-order valence-electron chi connectivity index (χ0n) is 10.9. The highest BCUT2D eigenvalue weighted by molar-refractivity contribution is 5.17. The van der Waals surface area contributed by atoms with E-state index in [9.17, 15) is 10.2 Å². The van der Waals surface area contributed by atoms with Crippen LogP contribution in [0.1, 0.15) is 39.5 Å². The molecule has 0 aliphatic heterocycles. The van der Waals surface area contributed by atoms with Crippen LogP contribution in [0.3, 0.4) is 0 Å². The Balaban J connectivity index is 2.33. The lowest BCUT2D eigenvalue weighted by Gasteiger charge is -2.34. The molecular formula is C15H24O2. The Morgan fingerprint density at radius 3 is 2.65 bits per heavy atom. The Morgan fingerprint density at radius 1 is 1.41 bits per heavy atom. The number of hydrogen-bond acceptors (Lipinski definition) is 2. The van der Waals surface area contributed by atoms with Crippen molar-refractivity contribution in [1.29, 1.82) is 0 Å². The predicted molar refractivity (Wildman–Crippen MR) is 69.5 cm³/mol. The third-order valence-corrected chi connectivity index (χ3v) is 5.11. The van der Waals surface area contributed by atoms with Crippen molar-refractivity contribution in [2.75, 3.05) is 0 Å². The molecule has 96 valence electrons. The highest BCUT2D eigenvalue weighted by Gasteiger charge is 2.52. The van der Waals surface area contributed by atoms with Crippen LogP contribution in [0.5, 0.6) is 0 Å². The number of allylic oxidation sites excluding steroid dienone is 1. The van der Waals surface area contributed by atoms with E-state index in [1.807, 2.05) is 6.92 Å². The van der Waals surface area contributed by atoms with E-state index in [0.29, 0.717) is 11.8 Å². The Hall–Kier alpha value is -0.600. The molecule has 0 aromatic rings. The van der Waals surface area contributed by atoms with E-state index in [1.165, 1.54) is 0 Å². The molecule has 17 heavy (non-hydrogen) atoms. The van der Waals surface area contributed by atoms with Gasteiger partial charge in [0.25, 0.3) is 0 Å². The van der Waals surface area contributed by atoms with Crippen LogP contribution in [-0.2, 0) is 0 Å². The lowest BCUT2D eigenvalue weighted by atomic mass is 9.71. The standard InChI is InChI=1S/C15H24O2/c1-9(2)11-8-14(17)15(4)6-5-13(16)10(3)7-12(11)15/h11-14,16-17H,1,3,5-8H2,2,4H3/t11-,12-,13+,14+,15+/m0/s1. The molecule has 0 unspecified atom stereocenters. The maximum absolute atomic E-state index is 10.3. The summed E-state index contributed by atoms with van der Waals surface area (Å²) in [6.45, 7) is 12.3. The number of hydrogen-bond donors (Lipinski definition) is 2. The van der Waals surface area contributed by atoms with E-state index < -0.39 is 6.10 Å². The minimum absolute atomic E-state index is 0.0793. The molecule has 2 nitrogen and oxygen atoms in total. The van der Waals surface area contributed by atoms with Gasteiger partial charge in [0.2, 0.25) is 0 Å². The van der Waals surface area contributed by atoms with Gasteiger partial charge >= 0.3 is 0 Å². The Bertz CT molecular complexity index is 347. The third kappa shape index (κ3) is 1.98. The molecule has 2 N–H and O–H groups in total. The molecule has 2 aliphatic carbocycles. The maximum atomic E-state index is 10.3. The van der Waals surface area contributed by atoms with Gasteiger partial charge in [0.1, 0.15) is 0 Å². The van der Waals surface area contributed by atoms with Crippen LogP contribution in [-0.4, -0.2) is 22.4 Å². The fourth-order valence-electron chi connectivity index (χ4n) is 3.72. The van der Waals surface area contributed by atoms with Gasteiger partial charge in [-0.15, -0.1) is 0 Å². The van der Waals surface area contributed by atoms with Crippen LogP contribution >= 0.6 is 0 Å². The Kier molecular flexibility index (Phi) is 3.21. The average Bonchev–Trinajstić information content (AvgIpc) is 2.44. The maximum Gasteiger partial charge on any atom is 0.0747 e. The lowest BCUT2D eigenvalue weighted by Crippen LogP contribution is -2.32. The molecule has 0 aromatic carbocycles. The van der Waals surface area contributed by atoms with E-state index in [-0.39, 0.29) is 11.5 Å². The van der Waals surface area contributed by atoms with Gasteiger partial charge in [0, 0.05) is 0 Å². The van der Waals surface area contributed by atoms with Gasteiger partial charge in [-0.2, -0.15) is 0 Å². The van der Waals surface area contributed by atoms with Crippen molar-refractivity contribution in [1.82, 2.24) is 0 Å². The minimum atomic E-state index is -0.393. The topological polar surface area (TPSA) is 40.5 Å². The SMILES string of the molecule is C=C1C[C@H]2[C@H](C(=C)C)C[C@@H](O)[C@]2(C)CC[C@H]1O. The first kappa shape index (κ1) is 12.8. The quantitative estimate of drug-likeness (QED) is 0.687. The monoisotopic (exact) mass is 236 g/mol. The summed E-state index contributed by atoms with van der Waals surface area (Å²) < 4.78 is 0. The van der Waals surface area contributed by atoms with Gasteiger partial charge < -0.3 is 10.2 Å². The van der Waals surface area contributed by atoms with Crippen molar-refractivity contribution in [3.8, 4) is 0 Å². The van der Waals surface area contributed by atoms with Gasteiger partial charge in [0.15, 0.2) is 0 Å². The zero-order valence-corrected chi connectivity index (χ0v) is 10.9. The summed E-state index contributed by atoms with van der Waals surface area (Å²) >= 11 is 0. The van der Waals surface area contributed by atoms with Crippen molar-refractivity contribution in [2.45, 2.75) is 51.7 Å². The summed E-state index contributed by atoms with van der Waals surface area (Å²) in [6.07, 6.45) is 2.59. The number of aliphatic hydroxyl groups excluding tert-OH is 2. The first-order valence-corrected chi connectivity index (χ1v) is 6.55. The molecule has 2 fully saturated rings. The second kappa shape index (κ2) is 4.25. The molecular weight excluding hydrogens is 212 g/mol. The van der Waals surface area contributed by atoms with Crippen LogP contribution < -0.4 is 0 Å². The number of rotatable bonds is 1. The summed E-state index contributed by atoms with van der Waals surface area (Å²) in [5, 5.41) is 20.3. The molecule has 0 heterocycles. The van der Waals surface area contributed by atoms with Crippen LogP contribution in [0, 0.1) is 17.3 Å². The van der Waals surface area contributed by atoms with E-state index in [1.54, 1.807) is 0 Å². The molecule has 2 heteroatoms. The fraction of sp³-hybridized carbons (Fsp3) is 0.733. The van der Waals surface area contributed by atoms with Gasteiger partial charge in [-0.25, -0.2) is 0 Å². The molecule has 2 saturated carbocycles. The molecule has 0 spiro atoms. The normalized spacial score (nSPS) is 46.5. The van der Waals surface area contributed by atoms with Crippen LogP contribution in [0.15, 0.2) is 24.3 Å². The first-order valence-electron chi connectivity index (χ1n) is 6.55. The van der Waals surface area contributed by atoms with Gasteiger partial charge in [0.05, 0.1) is 12.2 Å². The van der Waals surface area contributed by atoms with Crippen molar-refractivity contribution in [3.63, 3.8) is 0 Å². The van der Waals surface area contributed by atoms with E-state index in [4.69, 9.17) is 0 Å². The molecule has 2 aliphatic rings. The summed E-state index contributed by atoms with van der Waals surface area (Å²) in [7, 11) is 0. The summed E-state index contributed by atoms with van der Waals surface area (Å²) in [4.78, 5) is 0. The zero-order chi connectivity index (χ0) is 12.8. The predicted octanol–water partition coefficient (Wildman–Crippen LogP) is 2.67. The molecule has 2 rings (SSSR count). The van der Waals surface area contributed by atoms with Crippen molar-refractivity contribution < 1.29 is 10.2 Å². The van der Waals surface area contributed by atoms with Gasteiger partial charge in [-0.05, 0) is 55.4 Å². The number of fused-ring (bicyclic) bond motifs is 1. The van der Waals surface area contributed by atoms with E-state index >= 15 is 0 Å². The van der Waals surface area contributed by atoms with E-state index in [0.717, 1.165) is 36.8 Å². The molecule has 0 saturated heterocycles. The fourth-order valence-corrected chi connectivity index (χ4v) is 3.72. The van der Waals surface area contributed by atoms with Crippen molar-refractivity contribution in [2.24, 2.45) is 17.3 Å². The molecule has 5 atom stereocenters. The largest absolute Gasteiger partial charge is 0.393 e. The van der Waals surface area contributed by atoms with Crippen molar-refractivity contribution in [3.05, 3.63) is 24.3 Å². The summed E-state index contributed by atoms with van der Waals surface area (Å²) in [5.41, 5.74) is 2.00. The second-order valence-electron chi connectivity index (χ2n) is 6.23. The minimum Gasteiger partial charge on any atom is -0.393 e. The van der Waals surface area contributed by atoms with Gasteiger partial charge in [-0.3, -0.25) is 0 Å². The van der Waals surface area contributed by atoms with Crippen LogP contribution in [0.25, 0.3) is 0 Å². The first-order chi connectivity index (χ1) is 7.86. The third-order valence-electron chi connectivity index (χ3n) is 5.11. The Morgan fingerprint density at radius 2 is 2.06 bits per heavy atom. The highest BCUT2D eigenvalue weighted by Crippen LogP contribution is 2.56. The average molecular weight is 236 g/mol. The van der Waals surface area contributed by atoms with Gasteiger partial charge in [-0.1, -0.05) is 25.7 Å². The number of aliphatic hydroxyl groups is 2. The van der Waals surface area contributed by atoms with E-state index in [2.05, 4.69) is 20.1 Å². The molecule has 0 amide bonds. The second-order valence-corrected chi connectivity index (χ2v) is 6.23. The molecule has 0 radical (unpaired) electrons. The summed E-state index contributed by atoms with van der Waals surface area (Å²) in [6, 6.07) is 0. The highest BCUT2D eigenvalue weighted by atomic mass is 16.3. The summed E-state index contributed by atoms with van der Waals surface area (Å²) in [5.74, 6) is 0.761. The lowest BCUT2D eigenvalue weighted by molar-refractivity contribution is 0.0306. The van der Waals surface area contributed by atoms with Crippen molar-refractivity contribution >= 4 is 0 Å². The molecule has 0 bridgehead atoms. The van der Waals surface area contributed by atoms with Crippen LogP contribution in [0.2, 0.25) is 0 Å². The Labute approximate surface area is 104 Å².